The number of nitrogens with two attached hydrogens (primary N) is 4. The van der Waals surface area contributed by atoms with Crippen LogP contribution in [0.1, 0.15) is 32.6 Å². The van der Waals surface area contributed by atoms with E-state index >= 15 is 0 Å². The van der Waals surface area contributed by atoms with E-state index in [0.717, 1.165) is 0 Å². The minimum Gasteiger partial charge on any atom is -0.480 e. The zero-order chi connectivity index (χ0) is 25.7. The number of rotatable bonds is 15. The Kier molecular flexibility index (Phi) is 12.5. The van der Waals surface area contributed by atoms with E-state index in [1.165, 1.54) is 6.92 Å². The van der Waals surface area contributed by atoms with Crippen molar-refractivity contribution in [1.29, 1.82) is 5.41 Å². The van der Waals surface area contributed by atoms with Crippen LogP contribution in [0.5, 0.6) is 0 Å². The molecule has 186 valence electrons. The Morgan fingerprint density at radius 1 is 0.818 bits per heavy atom. The van der Waals surface area contributed by atoms with Crippen molar-refractivity contribution in [2.24, 2.45) is 22.9 Å². The quantitative estimate of drug-likeness (QED) is 0.0612. The van der Waals surface area contributed by atoms with Crippen molar-refractivity contribution in [3.8, 4) is 0 Å². The van der Waals surface area contributed by atoms with Gasteiger partial charge >= 0.3 is 5.97 Å². The molecule has 33 heavy (non-hydrogen) atoms. The molecule has 0 aliphatic heterocycles. The van der Waals surface area contributed by atoms with Crippen LogP contribution in [0.25, 0.3) is 0 Å². The van der Waals surface area contributed by atoms with Gasteiger partial charge in [0.15, 0.2) is 5.96 Å². The van der Waals surface area contributed by atoms with Crippen LogP contribution in [0.2, 0.25) is 0 Å². The molecule has 0 fully saturated rings. The van der Waals surface area contributed by atoms with Gasteiger partial charge in [-0.05, 0) is 19.8 Å². The maximum Gasteiger partial charge on any atom is 0.326 e. The first-order chi connectivity index (χ1) is 15.2. The molecule has 0 saturated carbocycles. The van der Waals surface area contributed by atoms with Gasteiger partial charge in [-0.15, -0.1) is 0 Å². The first kappa shape index (κ1) is 29.0. The minimum atomic E-state index is -1.65. The van der Waals surface area contributed by atoms with E-state index in [9.17, 15) is 33.9 Å². The van der Waals surface area contributed by atoms with Crippen LogP contribution in [-0.4, -0.2) is 77.3 Å². The summed E-state index contributed by atoms with van der Waals surface area (Å²) in [4.78, 5) is 70.9. The number of carbonyl (C=O) groups is 6. The average molecular weight is 473 g/mol. The predicted molar refractivity (Wildman–Crippen MR) is 114 cm³/mol. The number of amides is 5. The molecule has 16 nitrogen and oxygen atoms in total. The largest absolute Gasteiger partial charge is 0.480 e. The number of aliphatic carboxylic acids is 1. The lowest BCUT2D eigenvalue weighted by molar-refractivity contribution is -0.144. The Bertz CT molecular complexity index is 772. The van der Waals surface area contributed by atoms with Crippen molar-refractivity contribution >= 4 is 41.5 Å². The fourth-order valence-electron chi connectivity index (χ4n) is 2.46. The maximum absolute atomic E-state index is 12.7. The predicted octanol–water partition coefficient (Wildman–Crippen LogP) is -5.11. The molecule has 0 aliphatic rings. The second kappa shape index (κ2) is 14.2. The molecular formula is C17H31N9O7. The molecule has 5 amide bonds. The van der Waals surface area contributed by atoms with Gasteiger partial charge in [-0.2, -0.15) is 0 Å². The smallest absolute Gasteiger partial charge is 0.326 e. The van der Waals surface area contributed by atoms with Crippen molar-refractivity contribution in [3.05, 3.63) is 0 Å². The van der Waals surface area contributed by atoms with Crippen LogP contribution >= 0.6 is 0 Å². The summed E-state index contributed by atoms with van der Waals surface area (Å²) in [5, 5.41) is 25.4. The molecule has 0 radical (unpaired) electrons. The lowest BCUT2D eigenvalue weighted by Gasteiger charge is -2.24. The molecule has 0 aromatic heterocycles. The highest BCUT2D eigenvalue weighted by Crippen LogP contribution is 2.03. The lowest BCUT2D eigenvalue weighted by atomic mass is 10.1. The summed E-state index contributed by atoms with van der Waals surface area (Å²) in [5.74, 6) is -6.42. The Balaban J connectivity index is 5.54. The summed E-state index contributed by atoms with van der Waals surface area (Å²) < 4.78 is 0. The summed E-state index contributed by atoms with van der Waals surface area (Å²) >= 11 is 0. The first-order valence-electron chi connectivity index (χ1n) is 9.78. The number of hydrogen-bond donors (Lipinski definition) is 10. The summed E-state index contributed by atoms with van der Waals surface area (Å²) in [5.41, 5.74) is 20.7. The summed E-state index contributed by atoms with van der Waals surface area (Å²) in [6.07, 6.45) is -1.16. The van der Waals surface area contributed by atoms with Crippen LogP contribution in [0, 0.1) is 5.41 Å². The molecular weight excluding hydrogens is 442 g/mol. The second-order valence-electron chi connectivity index (χ2n) is 7.13. The van der Waals surface area contributed by atoms with Gasteiger partial charge in [-0.3, -0.25) is 29.4 Å². The van der Waals surface area contributed by atoms with E-state index in [2.05, 4.69) is 21.3 Å². The van der Waals surface area contributed by atoms with E-state index in [-0.39, 0.29) is 25.3 Å². The lowest BCUT2D eigenvalue weighted by Crippen LogP contribution is -2.57. The van der Waals surface area contributed by atoms with Gasteiger partial charge in [0.1, 0.15) is 18.1 Å². The average Bonchev–Trinajstić information content (AvgIpc) is 2.67. The third-order valence-electron chi connectivity index (χ3n) is 4.09. The van der Waals surface area contributed by atoms with E-state index in [1.807, 2.05) is 0 Å². The third-order valence-corrected chi connectivity index (χ3v) is 4.09. The third kappa shape index (κ3) is 12.5. The Hall–Kier alpha value is -3.95. The highest BCUT2D eigenvalue weighted by Gasteiger charge is 2.31. The van der Waals surface area contributed by atoms with Crippen molar-refractivity contribution < 1.29 is 33.9 Å². The molecule has 4 atom stereocenters. The Morgan fingerprint density at radius 2 is 1.27 bits per heavy atom. The van der Waals surface area contributed by atoms with Gasteiger partial charge in [0.25, 0.3) is 0 Å². The van der Waals surface area contributed by atoms with Crippen molar-refractivity contribution in [2.45, 2.75) is 56.8 Å². The summed E-state index contributed by atoms with van der Waals surface area (Å²) in [6.45, 7) is 1.49. The van der Waals surface area contributed by atoms with Crippen molar-refractivity contribution in [1.82, 2.24) is 21.3 Å². The molecule has 0 bridgehead atoms. The first-order valence-corrected chi connectivity index (χ1v) is 9.78. The van der Waals surface area contributed by atoms with Crippen LogP contribution in [-0.2, 0) is 28.8 Å². The molecule has 0 heterocycles. The van der Waals surface area contributed by atoms with E-state index in [0.29, 0.717) is 0 Å². The SMILES string of the molecule is C[C@H](N)C(=O)N[C@@H](CC(N)=O)C(=O)N[C@@H](CCCNC(=N)N)C(=O)N[C@@H](CC(N)=O)C(=O)O. The van der Waals surface area contributed by atoms with E-state index in [1.54, 1.807) is 0 Å². The van der Waals surface area contributed by atoms with Crippen LogP contribution < -0.4 is 44.2 Å². The Morgan fingerprint density at radius 3 is 1.73 bits per heavy atom. The van der Waals surface area contributed by atoms with E-state index < -0.39 is 72.5 Å². The summed E-state index contributed by atoms with van der Waals surface area (Å²) in [7, 11) is 0. The maximum atomic E-state index is 12.7. The molecule has 0 saturated heterocycles. The molecule has 16 heteroatoms. The molecule has 0 spiro atoms. The van der Waals surface area contributed by atoms with Gasteiger partial charge in [0.05, 0.1) is 18.9 Å². The highest BCUT2D eigenvalue weighted by molar-refractivity contribution is 5.96. The van der Waals surface area contributed by atoms with Gasteiger partial charge in [-0.25, -0.2) is 4.79 Å². The molecule has 0 aromatic carbocycles. The number of nitrogens with one attached hydrogen (secondary N) is 5. The van der Waals surface area contributed by atoms with Crippen molar-refractivity contribution in [3.63, 3.8) is 0 Å². The molecule has 0 aliphatic carbocycles. The zero-order valence-electron chi connectivity index (χ0n) is 18.1. The number of guanidine groups is 1. The Labute approximate surface area is 189 Å². The molecule has 0 unspecified atom stereocenters. The summed E-state index contributed by atoms with van der Waals surface area (Å²) in [6, 6.07) is -5.45. The fourth-order valence-corrected chi connectivity index (χ4v) is 2.46. The second-order valence-corrected chi connectivity index (χ2v) is 7.13. The number of carboxylic acid groups (broad SMARTS) is 1. The van der Waals surface area contributed by atoms with E-state index in [4.69, 9.17) is 28.3 Å². The minimum absolute atomic E-state index is 0.0642. The molecule has 0 rings (SSSR count). The van der Waals surface area contributed by atoms with Gasteiger partial charge in [0.2, 0.25) is 29.5 Å². The number of carboxylic acids is 1. The normalized spacial score (nSPS) is 14.0. The van der Waals surface area contributed by atoms with Gasteiger partial charge in [0, 0.05) is 6.54 Å². The zero-order valence-corrected chi connectivity index (χ0v) is 18.1. The standard InChI is InChI=1S/C17H31N9O7/c1-7(18)13(29)25-9(5-11(19)27)15(31)24-8(3-2-4-23-17(21)22)14(30)26-10(16(32)33)6-12(20)28/h7-10H,2-6,18H2,1H3,(H2,19,27)(H2,20,28)(H,24,31)(H,25,29)(H,26,30)(H,32,33)(H4,21,22,23)/t7-,8-,9-,10-/m0/s1. The van der Waals surface area contributed by atoms with Gasteiger partial charge < -0.3 is 49.3 Å². The molecule has 0 aromatic rings. The van der Waals surface area contributed by atoms with Crippen LogP contribution in [0.3, 0.4) is 0 Å². The number of hydrogen-bond acceptors (Lipinski definition) is 8. The molecule has 14 N–H and O–H groups in total. The number of primary amides is 2. The number of carbonyl (C=O) groups excluding carboxylic acids is 5. The van der Waals surface area contributed by atoms with Crippen LogP contribution in [0.4, 0.5) is 0 Å². The fraction of sp³-hybridized carbons (Fsp3) is 0.588. The van der Waals surface area contributed by atoms with Crippen LogP contribution in [0.15, 0.2) is 0 Å². The highest BCUT2D eigenvalue weighted by atomic mass is 16.4. The topological polar surface area (TPSA) is 299 Å². The monoisotopic (exact) mass is 473 g/mol. The van der Waals surface area contributed by atoms with Crippen molar-refractivity contribution in [2.75, 3.05) is 6.54 Å². The van der Waals surface area contributed by atoms with Gasteiger partial charge in [-0.1, -0.05) is 0 Å².